The molecule has 1 heterocycles. The quantitative estimate of drug-likeness (QED) is 0.862. The SMILES string of the molecule is NC1C2CCCC1CC(C(=O)NCc1ccc(Cn3cncn3)cc1)C2. The fourth-order valence-electron chi connectivity index (χ4n) is 4.60. The molecule has 1 aromatic heterocycles. The molecule has 1 amide bonds. The van der Waals surface area contributed by atoms with Crippen molar-refractivity contribution in [1.82, 2.24) is 20.1 Å². The predicted molar refractivity (Wildman–Crippen MR) is 98.9 cm³/mol. The van der Waals surface area contributed by atoms with Crippen molar-refractivity contribution in [2.45, 2.75) is 51.2 Å². The summed E-state index contributed by atoms with van der Waals surface area (Å²) in [5, 5.41) is 7.24. The standard InChI is InChI=1S/C20H27N5O/c21-19-16-2-1-3-17(19)9-18(8-16)20(26)23-10-14-4-6-15(7-5-14)11-25-13-22-12-24-25/h4-7,12-13,16-19H,1-3,8-11,21H2,(H,23,26). The summed E-state index contributed by atoms with van der Waals surface area (Å²) in [6.45, 7) is 1.29. The van der Waals surface area contributed by atoms with Crippen LogP contribution in [0.5, 0.6) is 0 Å². The molecule has 6 heteroatoms. The first kappa shape index (κ1) is 17.2. The molecule has 0 spiro atoms. The first-order chi connectivity index (χ1) is 12.7. The van der Waals surface area contributed by atoms with E-state index in [1.807, 2.05) is 0 Å². The highest BCUT2D eigenvalue weighted by Crippen LogP contribution is 2.41. The summed E-state index contributed by atoms with van der Waals surface area (Å²) in [4.78, 5) is 16.6. The van der Waals surface area contributed by atoms with Gasteiger partial charge in [0.25, 0.3) is 0 Å². The number of aromatic nitrogens is 3. The maximum atomic E-state index is 12.6. The van der Waals surface area contributed by atoms with E-state index in [1.54, 1.807) is 11.0 Å². The Hall–Kier alpha value is -2.21. The molecule has 2 unspecified atom stereocenters. The van der Waals surface area contributed by atoms with Crippen molar-refractivity contribution >= 4 is 5.91 Å². The number of amides is 1. The van der Waals surface area contributed by atoms with Gasteiger partial charge in [-0.1, -0.05) is 30.7 Å². The largest absolute Gasteiger partial charge is 0.352 e. The zero-order chi connectivity index (χ0) is 17.9. The van der Waals surface area contributed by atoms with Crippen LogP contribution in [-0.2, 0) is 17.9 Å². The molecule has 138 valence electrons. The Labute approximate surface area is 154 Å². The van der Waals surface area contributed by atoms with E-state index >= 15 is 0 Å². The van der Waals surface area contributed by atoms with Crippen LogP contribution in [0.2, 0.25) is 0 Å². The van der Waals surface area contributed by atoms with Gasteiger partial charge in [0.1, 0.15) is 12.7 Å². The normalized spacial score (nSPS) is 27.9. The van der Waals surface area contributed by atoms with Gasteiger partial charge < -0.3 is 11.1 Å². The lowest BCUT2D eigenvalue weighted by atomic mass is 9.65. The van der Waals surface area contributed by atoms with Gasteiger partial charge in [-0.2, -0.15) is 5.10 Å². The minimum absolute atomic E-state index is 0.136. The molecule has 2 saturated carbocycles. The highest BCUT2D eigenvalue weighted by Gasteiger charge is 2.40. The number of hydrogen-bond acceptors (Lipinski definition) is 4. The smallest absolute Gasteiger partial charge is 0.223 e. The third-order valence-electron chi connectivity index (χ3n) is 6.08. The van der Waals surface area contributed by atoms with Crippen LogP contribution < -0.4 is 11.1 Å². The lowest BCUT2D eigenvalue weighted by molar-refractivity contribution is -0.128. The number of rotatable bonds is 5. The van der Waals surface area contributed by atoms with Crippen LogP contribution in [0.4, 0.5) is 0 Å². The van der Waals surface area contributed by atoms with E-state index < -0.39 is 0 Å². The Kier molecular flexibility index (Phi) is 5.02. The Bertz CT molecular complexity index is 713. The van der Waals surface area contributed by atoms with Crippen molar-refractivity contribution in [2.24, 2.45) is 23.5 Å². The number of carbonyl (C=O) groups is 1. The molecule has 4 rings (SSSR count). The molecule has 0 aliphatic heterocycles. The van der Waals surface area contributed by atoms with Gasteiger partial charge in [-0.25, -0.2) is 9.67 Å². The number of hydrogen-bond donors (Lipinski definition) is 2. The monoisotopic (exact) mass is 353 g/mol. The van der Waals surface area contributed by atoms with Crippen LogP contribution in [0, 0.1) is 17.8 Å². The molecule has 2 aromatic rings. The van der Waals surface area contributed by atoms with E-state index in [1.165, 1.54) is 31.2 Å². The maximum absolute atomic E-state index is 12.6. The molecule has 26 heavy (non-hydrogen) atoms. The predicted octanol–water partition coefficient (Wildman–Crippen LogP) is 2.10. The van der Waals surface area contributed by atoms with Gasteiger partial charge in [0.2, 0.25) is 5.91 Å². The first-order valence-corrected chi connectivity index (χ1v) is 9.62. The minimum Gasteiger partial charge on any atom is -0.352 e. The molecule has 2 bridgehead atoms. The molecule has 1 aromatic carbocycles. The molecular weight excluding hydrogens is 326 g/mol. The van der Waals surface area contributed by atoms with Crippen LogP contribution in [0.3, 0.4) is 0 Å². The molecule has 0 radical (unpaired) electrons. The number of carbonyl (C=O) groups excluding carboxylic acids is 1. The Morgan fingerprint density at radius 3 is 2.50 bits per heavy atom. The summed E-state index contributed by atoms with van der Waals surface area (Å²) in [5.74, 6) is 1.40. The average molecular weight is 353 g/mol. The third kappa shape index (κ3) is 3.80. The van der Waals surface area contributed by atoms with Crippen LogP contribution >= 0.6 is 0 Å². The fourth-order valence-corrected chi connectivity index (χ4v) is 4.60. The molecule has 0 saturated heterocycles. The van der Waals surface area contributed by atoms with Crippen molar-refractivity contribution in [1.29, 1.82) is 0 Å². The van der Waals surface area contributed by atoms with Crippen molar-refractivity contribution in [2.75, 3.05) is 0 Å². The van der Waals surface area contributed by atoms with E-state index in [2.05, 4.69) is 39.7 Å². The second-order valence-corrected chi connectivity index (χ2v) is 7.82. The summed E-state index contributed by atoms with van der Waals surface area (Å²) in [7, 11) is 0. The van der Waals surface area contributed by atoms with E-state index in [9.17, 15) is 4.79 Å². The summed E-state index contributed by atoms with van der Waals surface area (Å²) in [6.07, 6.45) is 8.82. The van der Waals surface area contributed by atoms with Gasteiger partial charge in [0, 0.05) is 18.5 Å². The van der Waals surface area contributed by atoms with Crippen LogP contribution in [-0.4, -0.2) is 26.7 Å². The summed E-state index contributed by atoms with van der Waals surface area (Å²) < 4.78 is 1.79. The van der Waals surface area contributed by atoms with E-state index in [0.717, 1.165) is 18.4 Å². The third-order valence-corrected chi connectivity index (χ3v) is 6.08. The minimum atomic E-state index is 0.136. The number of nitrogens with one attached hydrogen (secondary N) is 1. The molecular formula is C20H27N5O. The molecule has 3 N–H and O–H groups in total. The Balaban J connectivity index is 1.29. The molecule has 2 fully saturated rings. The highest BCUT2D eigenvalue weighted by atomic mass is 16.1. The van der Waals surface area contributed by atoms with Gasteiger partial charge >= 0.3 is 0 Å². The summed E-state index contributed by atoms with van der Waals surface area (Å²) in [6, 6.07) is 8.60. The van der Waals surface area contributed by atoms with Crippen LogP contribution in [0.1, 0.15) is 43.2 Å². The zero-order valence-corrected chi connectivity index (χ0v) is 15.1. The number of nitrogens with two attached hydrogens (primary N) is 1. The molecule has 6 nitrogen and oxygen atoms in total. The lowest BCUT2D eigenvalue weighted by Crippen LogP contribution is -2.49. The maximum Gasteiger partial charge on any atom is 0.223 e. The van der Waals surface area contributed by atoms with Gasteiger partial charge in [-0.3, -0.25) is 4.79 Å². The van der Waals surface area contributed by atoms with Gasteiger partial charge in [0.15, 0.2) is 0 Å². The summed E-state index contributed by atoms with van der Waals surface area (Å²) >= 11 is 0. The van der Waals surface area contributed by atoms with Crippen molar-refractivity contribution in [3.05, 3.63) is 48.0 Å². The Morgan fingerprint density at radius 1 is 1.15 bits per heavy atom. The zero-order valence-electron chi connectivity index (χ0n) is 15.1. The number of fused-ring (bicyclic) bond motifs is 2. The highest BCUT2D eigenvalue weighted by molar-refractivity contribution is 5.78. The van der Waals surface area contributed by atoms with Crippen molar-refractivity contribution < 1.29 is 4.79 Å². The van der Waals surface area contributed by atoms with Gasteiger partial charge in [-0.15, -0.1) is 0 Å². The first-order valence-electron chi connectivity index (χ1n) is 9.62. The van der Waals surface area contributed by atoms with Crippen LogP contribution in [0.15, 0.2) is 36.9 Å². The number of benzene rings is 1. The molecule has 2 aliphatic rings. The van der Waals surface area contributed by atoms with Crippen LogP contribution in [0.25, 0.3) is 0 Å². The van der Waals surface area contributed by atoms with E-state index in [0.29, 0.717) is 31.0 Å². The van der Waals surface area contributed by atoms with Crippen molar-refractivity contribution in [3.8, 4) is 0 Å². The van der Waals surface area contributed by atoms with Gasteiger partial charge in [-0.05, 0) is 48.6 Å². The second-order valence-electron chi connectivity index (χ2n) is 7.82. The van der Waals surface area contributed by atoms with E-state index in [-0.39, 0.29) is 11.8 Å². The average Bonchev–Trinajstić information content (AvgIpc) is 3.14. The molecule has 2 atom stereocenters. The fraction of sp³-hybridized carbons (Fsp3) is 0.550. The lowest BCUT2D eigenvalue weighted by Gasteiger charge is -2.43. The topological polar surface area (TPSA) is 85.8 Å². The van der Waals surface area contributed by atoms with Gasteiger partial charge in [0.05, 0.1) is 6.54 Å². The van der Waals surface area contributed by atoms with Crippen molar-refractivity contribution in [3.63, 3.8) is 0 Å². The summed E-state index contributed by atoms with van der Waals surface area (Å²) in [5.41, 5.74) is 8.62. The Morgan fingerprint density at radius 2 is 1.85 bits per heavy atom. The molecule has 2 aliphatic carbocycles. The van der Waals surface area contributed by atoms with E-state index in [4.69, 9.17) is 5.73 Å². The second kappa shape index (κ2) is 7.58. The number of nitrogens with zero attached hydrogens (tertiary/aromatic N) is 3.